The minimum atomic E-state index is 0.718. The van der Waals surface area contributed by atoms with Crippen molar-refractivity contribution in [2.75, 3.05) is 5.73 Å². The summed E-state index contributed by atoms with van der Waals surface area (Å²) in [5.74, 6) is 0. The summed E-state index contributed by atoms with van der Waals surface area (Å²) < 4.78 is 0. The van der Waals surface area contributed by atoms with Gasteiger partial charge in [0.05, 0.1) is 16.9 Å². The number of anilines is 1. The van der Waals surface area contributed by atoms with Gasteiger partial charge in [-0.25, -0.2) is 0 Å². The Morgan fingerprint density at radius 2 is 2.25 bits per heavy atom. The van der Waals surface area contributed by atoms with Crippen LogP contribution in [0.4, 0.5) is 5.69 Å². The first kappa shape index (κ1) is 7.03. The van der Waals surface area contributed by atoms with Crippen molar-refractivity contribution in [2.45, 2.75) is 6.92 Å². The molecule has 0 amide bonds. The number of nitrogen functional groups attached to an aromatic ring is 1. The SMILES string of the molecule is Cc1nc2ccncc2cc1N. The lowest BCUT2D eigenvalue weighted by Gasteiger charge is -2.00. The third kappa shape index (κ3) is 0.993. The Balaban J connectivity index is 2.84. The van der Waals surface area contributed by atoms with Crippen LogP contribution in [-0.2, 0) is 0 Å². The standard InChI is InChI=1S/C9H9N3/c1-6-8(10)4-7-5-11-3-2-9(7)12-6/h2-5H,10H2,1H3. The lowest BCUT2D eigenvalue weighted by Crippen LogP contribution is -1.93. The fourth-order valence-electron chi connectivity index (χ4n) is 1.13. The molecule has 0 bridgehead atoms. The van der Waals surface area contributed by atoms with Gasteiger partial charge in [0.1, 0.15) is 0 Å². The lowest BCUT2D eigenvalue weighted by atomic mass is 10.2. The highest BCUT2D eigenvalue weighted by Gasteiger charge is 1.98. The lowest BCUT2D eigenvalue weighted by molar-refractivity contribution is 1.24. The smallest absolute Gasteiger partial charge is 0.0737 e. The number of rotatable bonds is 0. The summed E-state index contributed by atoms with van der Waals surface area (Å²) >= 11 is 0. The predicted octanol–water partition coefficient (Wildman–Crippen LogP) is 1.52. The molecule has 60 valence electrons. The number of nitrogens with zero attached hydrogens (tertiary/aromatic N) is 2. The normalized spacial score (nSPS) is 10.4. The van der Waals surface area contributed by atoms with Crippen molar-refractivity contribution < 1.29 is 0 Å². The molecule has 2 rings (SSSR count). The van der Waals surface area contributed by atoms with E-state index in [0.29, 0.717) is 0 Å². The molecule has 0 unspecified atom stereocenters. The Morgan fingerprint density at radius 1 is 1.42 bits per heavy atom. The van der Waals surface area contributed by atoms with Crippen LogP contribution in [-0.4, -0.2) is 9.97 Å². The van der Waals surface area contributed by atoms with Gasteiger partial charge in [-0.15, -0.1) is 0 Å². The number of aromatic nitrogens is 2. The number of hydrogen-bond donors (Lipinski definition) is 1. The first-order valence-electron chi connectivity index (χ1n) is 3.74. The van der Waals surface area contributed by atoms with E-state index in [1.807, 2.05) is 19.1 Å². The van der Waals surface area contributed by atoms with E-state index in [0.717, 1.165) is 22.3 Å². The highest BCUT2D eigenvalue weighted by molar-refractivity contribution is 5.80. The van der Waals surface area contributed by atoms with Crippen LogP contribution in [0, 0.1) is 6.92 Å². The maximum atomic E-state index is 5.70. The molecule has 0 atom stereocenters. The second-order valence-electron chi connectivity index (χ2n) is 2.73. The summed E-state index contributed by atoms with van der Waals surface area (Å²) in [7, 11) is 0. The van der Waals surface area contributed by atoms with Crippen molar-refractivity contribution in [2.24, 2.45) is 0 Å². The van der Waals surface area contributed by atoms with E-state index in [2.05, 4.69) is 9.97 Å². The molecule has 12 heavy (non-hydrogen) atoms. The Hall–Kier alpha value is -1.64. The van der Waals surface area contributed by atoms with Gasteiger partial charge in [0.2, 0.25) is 0 Å². The number of pyridine rings is 2. The second-order valence-corrected chi connectivity index (χ2v) is 2.73. The van der Waals surface area contributed by atoms with Gasteiger partial charge >= 0.3 is 0 Å². The molecule has 0 radical (unpaired) electrons. The van der Waals surface area contributed by atoms with Crippen molar-refractivity contribution in [1.82, 2.24) is 9.97 Å². The minimum absolute atomic E-state index is 0.718. The predicted molar refractivity (Wildman–Crippen MR) is 48.7 cm³/mol. The number of hydrogen-bond acceptors (Lipinski definition) is 3. The van der Waals surface area contributed by atoms with Crippen LogP contribution < -0.4 is 5.73 Å². The maximum Gasteiger partial charge on any atom is 0.0737 e. The number of nitrogens with two attached hydrogens (primary N) is 1. The van der Waals surface area contributed by atoms with Crippen LogP contribution in [0.1, 0.15) is 5.69 Å². The van der Waals surface area contributed by atoms with E-state index >= 15 is 0 Å². The molecule has 2 N–H and O–H groups in total. The van der Waals surface area contributed by atoms with E-state index in [1.165, 1.54) is 0 Å². The maximum absolute atomic E-state index is 5.70. The molecule has 0 aromatic carbocycles. The summed E-state index contributed by atoms with van der Waals surface area (Å²) in [6.45, 7) is 1.90. The Bertz CT molecular complexity index is 383. The minimum Gasteiger partial charge on any atom is -0.397 e. The first-order chi connectivity index (χ1) is 5.77. The van der Waals surface area contributed by atoms with E-state index in [4.69, 9.17) is 5.73 Å². The second kappa shape index (κ2) is 2.44. The third-order valence-corrected chi connectivity index (χ3v) is 1.84. The topological polar surface area (TPSA) is 51.8 Å². The molecular weight excluding hydrogens is 150 g/mol. The summed E-state index contributed by atoms with van der Waals surface area (Å²) in [4.78, 5) is 8.30. The first-order valence-corrected chi connectivity index (χ1v) is 3.74. The third-order valence-electron chi connectivity index (χ3n) is 1.84. The van der Waals surface area contributed by atoms with Crippen LogP contribution in [0.15, 0.2) is 24.5 Å². The fourth-order valence-corrected chi connectivity index (χ4v) is 1.13. The van der Waals surface area contributed by atoms with Gasteiger partial charge in [-0.05, 0) is 19.1 Å². The van der Waals surface area contributed by atoms with Crippen LogP contribution in [0.25, 0.3) is 10.9 Å². The van der Waals surface area contributed by atoms with Gasteiger partial charge in [0.15, 0.2) is 0 Å². The van der Waals surface area contributed by atoms with Crippen LogP contribution in [0.5, 0.6) is 0 Å². The van der Waals surface area contributed by atoms with Gasteiger partial charge in [0, 0.05) is 17.8 Å². The molecule has 2 heterocycles. The molecule has 0 saturated heterocycles. The van der Waals surface area contributed by atoms with Crippen LogP contribution in [0.2, 0.25) is 0 Å². The molecule has 2 aromatic heterocycles. The Labute approximate surface area is 70.3 Å². The molecule has 0 fully saturated rings. The quantitative estimate of drug-likeness (QED) is 0.634. The summed E-state index contributed by atoms with van der Waals surface area (Å²) in [6, 6.07) is 3.77. The van der Waals surface area contributed by atoms with Crippen molar-refractivity contribution >= 4 is 16.6 Å². The average molecular weight is 159 g/mol. The number of aryl methyl sites for hydroxylation is 1. The van der Waals surface area contributed by atoms with Gasteiger partial charge < -0.3 is 5.73 Å². The molecule has 3 nitrogen and oxygen atoms in total. The van der Waals surface area contributed by atoms with Crippen molar-refractivity contribution in [3.8, 4) is 0 Å². The molecular formula is C9H9N3. The van der Waals surface area contributed by atoms with Crippen molar-refractivity contribution in [3.05, 3.63) is 30.2 Å². The van der Waals surface area contributed by atoms with Crippen molar-refractivity contribution in [1.29, 1.82) is 0 Å². The van der Waals surface area contributed by atoms with E-state index < -0.39 is 0 Å². The highest BCUT2D eigenvalue weighted by atomic mass is 14.8. The molecule has 0 spiro atoms. The monoisotopic (exact) mass is 159 g/mol. The molecule has 0 aliphatic carbocycles. The van der Waals surface area contributed by atoms with Crippen molar-refractivity contribution in [3.63, 3.8) is 0 Å². The largest absolute Gasteiger partial charge is 0.397 e. The van der Waals surface area contributed by atoms with E-state index in [9.17, 15) is 0 Å². The van der Waals surface area contributed by atoms with Crippen LogP contribution in [0.3, 0.4) is 0 Å². The van der Waals surface area contributed by atoms with Crippen LogP contribution >= 0.6 is 0 Å². The summed E-state index contributed by atoms with van der Waals surface area (Å²) in [6.07, 6.45) is 3.49. The average Bonchev–Trinajstić information content (AvgIpc) is 2.07. The molecule has 2 aromatic rings. The summed E-state index contributed by atoms with van der Waals surface area (Å²) in [5.41, 5.74) is 8.22. The Kier molecular flexibility index (Phi) is 1.43. The van der Waals surface area contributed by atoms with E-state index in [-0.39, 0.29) is 0 Å². The Morgan fingerprint density at radius 3 is 3.08 bits per heavy atom. The molecule has 0 saturated carbocycles. The van der Waals surface area contributed by atoms with Gasteiger partial charge in [-0.2, -0.15) is 0 Å². The molecule has 0 aliphatic rings. The molecule has 0 aliphatic heterocycles. The summed E-state index contributed by atoms with van der Waals surface area (Å²) in [5, 5.41) is 0.987. The van der Waals surface area contributed by atoms with Gasteiger partial charge in [-0.3, -0.25) is 9.97 Å². The fraction of sp³-hybridized carbons (Fsp3) is 0.111. The zero-order valence-electron chi connectivity index (χ0n) is 6.78. The van der Waals surface area contributed by atoms with E-state index in [1.54, 1.807) is 12.4 Å². The zero-order chi connectivity index (χ0) is 8.55. The van der Waals surface area contributed by atoms with Gasteiger partial charge in [0.25, 0.3) is 0 Å². The highest BCUT2D eigenvalue weighted by Crippen LogP contribution is 2.15. The van der Waals surface area contributed by atoms with Gasteiger partial charge in [-0.1, -0.05) is 0 Å². The molecule has 3 heteroatoms. The number of fused-ring (bicyclic) bond motifs is 1. The zero-order valence-corrected chi connectivity index (χ0v) is 6.78.